The van der Waals surface area contributed by atoms with Crippen LogP contribution >= 0.6 is 0 Å². The predicted molar refractivity (Wildman–Crippen MR) is 129 cm³/mol. The monoisotopic (exact) mass is 481 g/mol. The summed E-state index contributed by atoms with van der Waals surface area (Å²) in [6, 6.07) is 18.3. The summed E-state index contributed by atoms with van der Waals surface area (Å²) in [4.78, 5) is 23.4. The summed E-state index contributed by atoms with van der Waals surface area (Å²) in [5.41, 5.74) is 9.68. The van der Waals surface area contributed by atoms with Crippen LogP contribution < -0.4 is 15.2 Å². The van der Waals surface area contributed by atoms with E-state index in [4.69, 9.17) is 19.6 Å². The highest BCUT2D eigenvalue weighted by atomic mass is 16.6. The molecule has 0 saturated carbocycles. The van der Waals surface area contributed by atoms with Gasteiger partial charge in [-0.3, -0.25) is 10.1 Å². The van der Waals surface area contributed by atoms with E-state index >= 15 is 0 Å². The SMILES string of the molecule is Cc1ccc2oc(C(=O)Oc3ccc4c(c3)OC(N)=C(C#N)C4c3ccc([N+](=O)[O-])cc3)c(C)c2c1. The molecule has 2 N–H and O–H groups in total. The van der Waals surface area contributed by atoms with Gasteiger partial charge in [-0.2, -0.15) is 5.26 Å². The normalized spacial score (nSPS) is 14.6. The first-order valence-corrected chi connectivity index (χ1v) is 10.9. The first-order valence-electron chi connectivity index (χ1n) is 10.9. The van der Waals surface area contributed by atoms with Gasteiger partial charge in [-0.25, -0.2) is 4.79 Å². The van der Waals surface area contributed by atoms with Crippen LogP contribution in [-0.2, 0) is 0 Å². The van der Waals surface area contributed by atoms with E-state index in [0.29, 0.717) is 28.0 Å². The number of nitrogens with two attached hydrogens (primary N) is 1. The third-order valence-electron chi connectivity index (χ3n) is 6.12. The van der Waals surface area contributed by atoms with E-state index in [0.717, 1.165) is 10.9 Å². The predicted octanol–water partition coefficient (Wildman–Crippen LogP) is 5.40. The van der Waals surface area contributed by atoms with Crippen molar-refractivity contribution in [2.45, 2.75) is 19.8 Å². The molecule has 9 heteroatoms. The van der Waals surface area contributed by atoms with E-state index in [2.05, 4.69) is 6.07 Å². The molecule has 1 unspecified atom stereocenters. The van der Waals surface area contributed by atoms with Gasteiger partial charge in [0.25, 0.3) is 5.69 Å². The molecule has 0 saturated heterocycles. The molecule has 36 heavy (non-hydrogen) atoms. The zero-order valence-electron chi connectivity index (χ0n) is 19.3. The summed E-state index contributed by atoms with van der Waals surface area (Å²) in [6.07, 6.45) is 0. The number of nitro benzene ring substituents is 1. The average Bonchev–Trinajstić information content (AvgIpc) is 3.19. The van der Waals surface area contributed by atoms with Crippen LogP contribution in [0.25, 0.3) is 11.0 Å². The lowest BCUT2D eigenvalue weighted by Gasteiger charge is -2.26. The van der Waals surface area contributed by atoms with Crippen molar-refractivity contribution in [2.24, 2.45) is 5.73 Å². The summed E-state index contributed by atoms with van der Waals surface area (Å²) in [6.45, 7) is 3.75. The number of fused-ring (bicyclic) bond motifs is 2. The minimum atomic E-state index is -0.662. The summed E-state index contributed by atoms with van der Waals surface area (Å²) >= 11 is 0. The molecular weight excluding hydrogens is 462 g/mol. The molecule has 9 nitrogen and oxygen atoms in total. The molecule has 0 radical (unpaired) electrons. The first-order chi connectivity index (χ1) is 17.3. The first kappa shape index (κ1) is 22.7. The van der Waals surface area contributed by atoms with Gasteiger partial charge in [-0.1, -0.05) is 29.8 Å². The number of carbonyl (C=O) groups excluding carboxylic acids is 1. The number of carbonyl (C=O) groups is 1. The number of benzene rings is 3. The second kappa shape index (κ2) is 8.60. The van der Waals surface area contributed by atoms with Crippen molar-refractivity contribution in [1.82, 2.24) is 0 Å². The number of nitrogens with zero attached hydrogens (tertiary/aromatic N) is 2. The Morgan fingerprint density at radius 2 is 1.86 bits per heavy atom. The lowest BCUT2D eigenvalue weighted by Crippen LogP contribution is -2.21. The van der Waals surface area contributed by atoms with Gasteiger partial charge < -0.3 is 19.6 Å². The van der Waals surface area contributed by atoms with Crippen molar-refractivity contribution in [3.05, 3.63) is 110 Å². The Bertz CT molecular complexity index is 1630. The second-order valence-corrected chi connectivity index (χ2v) is 8.42. The molecular formula is C27H19N3O6. The molecule has 0 aliphatic carbocycles. The molecule has 4 aromatic rings. The van der Waals surface area contributed by atoms with Gasteiger partial charge in [0, 0.05) is 34.7 Å². The number of esters is 1. The topological polar surface area (TPSA) is 142 Å². The van der Waals surface area contributed by atoms with Crippen LogP contribution in [0.5, 0.6) is 11.5 Å². The van der Waals surface area contributed by atoms with Crippen LogP contribution in [0.3, 0.4) is 0 Å². The van der Waals surface area contributed by atoms with E-state index in [1.807, 2.05) is 19.1 Å². The number of nitriles is 1. The fraction of sp³-hybridized carbons (Fsp3) is 0.111. The lowest BCUT2D eigenvalue weighted by molar-refractivity contribution is -0.384. The standard InChI is InChI=1S/C27H19N3O6/c1-14-3-10-22-20(11-14)15(2)25(35-22)27(31)34-18-8-9-19-23(12-18)36-26(29)21(13-28)24(19)16-4-6-17(7-5-16)30(32)33/h3-12,24H,29H2,1-2H3. The van der Waals surface area contributed by atoms with Crippen molar-refractivity contribution in [2.75, 3.05) is 0 Å². The molecule has 0 fully saturated rings. The summed E-state index contributed by atoms with van der Waals surface area (Å²) < 4.78 is 17.0. The second-order valence-electron chi connectivity index (χ2n) is 8.42. The van der Waals surface area contributed by atoms with Crippen molar-refractivity contribution < 1.29 is 23.6 Å². The van der Waals surface area contributed by atoms with E-state index in [1.54, 1.807) is 37.3 Å². The van der Waals surface area contributed by atoms with Crippen molar-refractivity contribution in [3.8, 4) is 17.6 Å². The van der Waals surface area contributed by atoms with E-state index < -0.39 is 16.8 Å². The Hall–Kier alpha value is -5.10. The highest BCUT2D eigenvalue weighted by Crippen LogP contribution is 2.43. The van der Waals surface area contributed by atoms with E-state index in [1.165, 1.54) is 18.2 Å². The number of hydrogen-bond donors (Lipinski definition) is 1. The Morgan fingerprint density at radius 1 is 1.11 bits per heavy atom. The van der Waals surface area contributed by atoms with Crippen LogP contribution in [-0.4, -0.2) is 10.9 Å². The van der Waals surface area contributed by atoms with Crippen LogP contribution in [0.15, 0.2) is 76.5 Å². The van der Waals surface area contributed by atoms with Gasteiger partial charge in [0.05, 0.1) is 10.8 Å². The van der Waals surface area contributed by atoms with Gasteiger partial charge in [0.15, 0.2) is 0 Å². The van der Waals surface area contributed by atoms with Crippen LogP contribution in [0.2, 0.25) is 0 Å². The van der Waals surface area contributed by atoms with Gasteiger partial charge in [-0.05, 0) is 37.6 Å². The Kier molecular flexibility index (Phi) is 5.42. The third kappa shape index (κ3) is 3.80. The molecule has 0 amide bonds. The molecule has 0 spiro atoms. The zero-order valence-corrected chi connectivity index (χ0v) is 19.3. The maximum absolute atomic E-state index is 12.9. The molecule has 2 heterocycles. The van der Waals surface area contributed by atoms with Gasteiger partial charge >= 0.3 is 5.97 Å². The molecule has 178 valence electrons. The Balaban J connectivity index is 1.48. The quantitative estimate of drug-likeness (QED) is 0.177. The minimum Gasteiger partial charge on any atom is -0.449 e. The van der Waals surface area contributed by atoms with Gasteiger partial charge in [0.1, 0.15) is 28.7 Å². The summed E-state index contributed by atoms with van der Waals surface area (Å²) in [5, 5.41) is 21.6. The van der Waals surface area contributed by atoms with E-state index in [-0.39, 0.29) is 28.7 Å². The highest BCUT2D eigenvalue weighted by Gasteiger charge is 2.31. The molecule has 1 aromatic heterocycles. The highest BCUT2D eigenvalue weighted by molar-refractivity contribution is 5.97. The average molecular weight is 481 g/mol. The van der Waals surface area contributed by atoms with Crippen molar-refractivity contribution >= 4 is 22.6 Å². The molecule has 0 bridgehead atoms. The number of hydrogen-bond acceptors (Lipinski definition) is 8. The number of nitro groups is 1. The van der Waals surface area contributed by atoms with Crippen LogP contribution in [0.1, 0.15) is 38.7 Å². The van der Waals surface area contributed by atoms with Crippen molar-refractivity contribution in [3.63, 3.8) is 0 Å². The zero-order chi connectivity index (χ0) is 25.6. The van der Waals surface area contributed by atoms with E-state index in [9.17, 15) is 20.2 Å². The molecule has 1 aliphatic rings. The number of non-ortho nitro benzene ring substituents is 1. The van der Waals surface area contributed by atoms with Crippen LogP contribution in [0.4, 0.5) is 5.69 Å². The number of furan rings is 1. The van der Waals surface area contributed by atoms with Crippen molar-refractivity contribution in [1.29, 1.82) is 5.26 Å². The maximum atomic E-state index is 12.9. The molecule has 3 aromatic carbocycles. The van der Waals surface area contributed by atoms with Gasteiger partial charge in [0.2, 0.25) is 11.6 Å². The fourth-order valence-corrected chi connectivity index (χ4v) is 4.31. The number of aryl methyl sites for hydroxylation is 2. The summed E-state index contributed by atoms with van der Waals surface area (Å²) in [7, 11) is 0. The lowest BCUT2D eigenvalue weighted by atomic mass is 9.83. The third-order valence-corrected chi connectivity index (χ3v) is 6.12. The number of allylic oxidation sites excluding steroid dienone is 1. The number of rotatable bonds is 4. The molecule has 1 atom stereocenters. The Labute approximate surface area is 205 Å². The number of ether oxygens (including phenoxy) is 2. The minimum absolute atomic E-state index is 0.0696. The van der Waals surface area contributed by atoms with Crippen LogP contribution in [0, 0.1) is 35.3 Å². The smallest absolute Gasteiger partial charge is 0.379 e. The molecule has 1 aliphatic heterocycles. The summed E-state index contributed by atoms with van der Waals surface area (Å²) in [5.74, 6) is -0.762. The Morgan fingerprint density at radius 3 is 2.56 bits per heavy atom. The fourth-order valence-electron chi connectivity index (χ4n) is 4.31. The van der Waals surface area contributed by atoms with Gasteiger partial charge in [-0.15, -0.1) is 0 Å². The molecule has 5 rings (SSSR count). The largest absolute Gasteiger partial charge is 0.449 e. The maximum Gasteiger partial charge on any atom is 0.379 e.